The standard InChI is InChI=1S/C12H16N2O2/c1-14(2)8-10-5-9(7-13)6-11(15-3)12(10)16-4/h5-6H,8H2,1-4H3. The number of benzene rings is 1. The normalized spacial score (nSPS) is 10.0. The Hall–Kier alpha value is -1.73. The summed E-state index contributed by atoms with van der Waals surface area (Å²) in [6, 6.07) is 5.61. The van der Waals surface area contributed by atoms with Crippen LogP contribution < -0.4 is 9.47 Å². The molecule has 0 aromatic heterocycles. The van der Waals surface area contributed by atoms with Crippen LogP contribution in [0.15, 0.2) is 12.1 Å². The number of hydrogen-bond acceptors (Lipinski definition) is 4. The molecule has 86 valence electrons. The van der Waals surface area contributed by atoms with Crippen molar-refractivity contribution < 1.29 is 9.47 Å². The first-order chi connectivity index (χ1) is 7.62. The van der Waals surface area contributed by atoms with Crippen LogP contribution in [0.2, 0.25) is 0 Å². The van der Waals surface area contributed by atoms with Gasteiger partial charge in [0, 0.05) is 18.2 Å². The Bertz CT molecular complexity index is 408. The third-order valence-corrected chi connectivity index (χ3v) is 2.17. The molecule has 0 radical (unpaired) electrons. The van der Waals surface area contributed by atoms with E-state index in [2.05, 4.69) is 6.07 Å². The fourth-order valence-electron chi connectivity index (χ4n) is 1.57. The quantitative estimate of drug-likeness (QED) is 0.773. The number of ether oxygens (including phenoxy) is 2. The molecule has 0 heterocycles. The molecule has 4 nitrogen and oxygen atoms in total. The summed E-state index contributed by atoms with van der Waals surface area (Å²) in [5.41, 5.74) is 1.53. The summed E-state index contributed by atoms with van der Waals surface area (Å²) in [6.45, 7) is 0.703. The van der Waals surface area contributed by atoms with Gasteiger partial charge in [0.05, 0.1) is 25.9 Å². The summed E-state index contributed by atoms with van der Waals surface area (Å²) in [4.78, 5) is 2.01. The van der Waals surface area contributed by atoms with Gasteiger partial charge in [0.15, 0.2) is 11.5 Å². The van der Waals surface area contributed by atoms with Crippen LogP contribution >= 0.6 is 0 Å². The zero-order chi connectivity index (χ0) is 12.1. The van der Waals surface area contributed by atoms with Crippen molar-refractivity contribution in [3.63, 3.8) is 0 Å². The maximum Gasteiger partial charge on any atom is 0.165 e. The van der Waals surface area contributed by atoms with E-state index >= 15 is 0 Å². The Balaban J connectivity index is 3.26. The van der Waals surface area contributed by atoms with Crippen molar-refractivity contribution in [1.82, 2.24) is 4.90 Å². The van der Waals surface area contributed by atoms with E-state index in [0.29, 0.717) is 23.6 Å². The highest BCUT2D eigenvalue weighted by Gasteiger charge is 2.12. The van der Waals surface area contributed by atoms with E-state index in [9.17, 15) is 0 Å². The highest BCUT2D eigenvalue weighted by molar-refractivity contribution is 5.52. The van der Waals surface area contributed by atoms with Gasteiger partial charge in [0.25, 0.3) is 0 Å². The molecule has 0 aliphatic carbocycles. The van der Waals surface area contributed by atoms with Crippen LogP contribution in [0.4, 0.5) is 0 Å². The van der Waals surface area contributed by atoms with Gasteiger partial charge in [-0.25, -0.2) is 0 Å². The molecule has 0 bridgehead atoms. The van der Waals surface area contributed by atoms with Crippen LogP contribution in [0.5, 0.6) is 11.5 Å². The van der Waals surface area contributed by atoms with Crippen molar-refractivity contribution in [2.75, 3.05) is 28.3 Å². The molecule has 1 aromatic carbocycles. The molecule has 4 heteroatoms. The first-order valence-corrected chi connectivity index (χ1v) is 4.92. The summed E-state index contributed by atoms with van der Waals surface area (Å²) >= 11 is 0. The van der Waals surface area contributed by atoms with Gasteiger partial charge in [-0.15, -0.1) is 0 Å². The summed E-state index contributed by atoms with van der Waals surface area (Å²) in [5, 5.41) is 8.92. The van der Waals surface area contributed by atoms with Crippen molar-refractivity contribution in [2.24, 2.45) is 0 Å². The summed E-state index contributed by atoms with van der Waals surface area (Å²) < 4.78 is 10.5. The fourth-order valence-corrected chi connectivity index (χ4v) is 1.57. The molecule has 0 saturated heterocycles. The second-order valence-corrected chi connectivity index (χ2v) is 3.72. The van der Waals surface area contributed by atoms with Gasteiger partial charge in [-0.2, -0.15) is 5.26 Å². The lowest BCUT2D eigenvalue weighted by molar-refractivity contribution is 0.338. The average Bonchev–Trinajstić information content (AvgIpc) is 2.27. The van der Waals surface area contributed by atoms with Crippen molar-refractivity contribution in [2.45, 2.75) is 6.54 Å². The van der Waals surface area contributed by atoms with E-state index in [1.54, 1.807) is 20.3 Å². The van der Waals surface area contributed by atoms with Gasteiger partial charge < -0.3 is 14.4 Å². The zero-order valence-electron chi connectivity index (χ0n) is 10.1. The zero-order valence-corrected chi connectivity index (χ0v) is 10.1. The third-order valence-electron chi connectivity index (χ3n) is 2.17. The van der Waals surface area contributed by atoms with E-state index in [0.717, 1.165) is 5.56 Å². The second-order valence-electron chi connectivity index (χ2n) is 3.72. The molecular formula is C12H16N2O2. The van der Waals surface area contributed by atoms with Gasteiger partial charge in [-0.3, -0.25) is 0 Å². The summed E-state index contributed by atoms with van der Waals surface area (Å²) in [7, 11) is 7.09. The molecule has 0 aliphatic rings. The van der Waals surface area contributed by atoms with E-state index in [4.69, 9.17) is 14.7 Å². The van der Waals surface area contributed by atoms with Crippen molar-refractivity contribution >= 4 is 0 Å². The first kappa shape index (κ1) is 12.3. The summed E-state index contributed by atoms with van der Waals surface area (Å²) in [5.74, 6) is 1.29. The minimum absolute atomic E-state index is 0.578. The number of methoxy groups -OCH3 is 2. The van der Waals surface area contributed by atoms with Crippen LogP contribution in [0.1, 0.15) is 11.1 Å². The van der Waals surface area contributed by atoms with E-state index < -0.39 is 0 Å². The lowest BCUT2D eigenvalue weighted by Crippen LogP contribution is -2.12. The molecule has 1 rings (SSSR count). The predicted molar refractivity (Wildman–Crippen MR) is 61.7 cm³/mol. The maximum atomic E-state index is 8.92. The average molecular weight is 220 g/mol. The van der Waals surface area contributed by atoms with Gasteiger partial charge in [-0.1, -0.05) is 0 Å². The Morgan fingerprint density at radius 2 is 1.94 bits per heavy atom. The Kier molecular flexibility index (Phi) is 4.15. The van der Waals surface area contributed by atoms with Gasteiger partial charge in [0.2, 0.25) is 0 Å². The molecule has 0 saturated carbocycles. The number of rotatable bonds is 4. The Morgan fingerprint density at radius 3 is 2.38 bits per heavy atom. The number of hydrogen-bond donors (Lipinski definition) is 0. The topological polar surface area (TPSA) is 45.5 Å². The molecule has 0 fully saturated rings. The molecule has 0 N–H and O–H groups in total. The fraction of sp³-hybridized carbons (Fsp3) is 0.417. The van der Waals surface area contributed by atoms with Gasteiger partial charge in [-0.05, 0) is 20.2 Å². The van der Waals surface area contributed by atoms with Gasteiger partial charge in [0.1, 0.15) is 0 Å². The maximum absolute atomic E-state index is 8.92. The lowest BCUT2D eigenvalue weighted by atomic mass is 10.1. The molecule has 0 unspecified atom stereocenters. The molecule has 0 amide bonds. The molecule has 0 atom stereocenters. The van der Waals surface area contributed by atoms with Crippen molar-refractivity contribution in [1.29, 1.82) is 5.26 Å². The van der Waals surface area contributed by atoms with Crippen LogP contribution in [0, 0.1) is 11.3 Å². The molecule has 0 aliphatic heterocycles. The van der Waals surface area contributed by atoms with Gasteiger partial charge >= 0.3 is 0 Å². The first-order valence-electron chi connectivity index (χ1n) is 4.92. The molecule has 1 aromatic rings. The minimum atomic E-state index is 0.578. The van der Waals surface area contributed by atoms with E-state index in [-0.39, 0.29) is 0 Å². The van der Waals surface area contributed by atoms with Crippen molar-refractivity contribution in [3.8, 4) is 17.6 Å². The molecule has 0 spiro atoms. The highest BCUT2D eigenvalue weighted by atomic mass is 16.5. The van der Waals surface area contributed by atoms with Crippen molar-refractivity contribution in [3.05, 3.63) is 23.3 Å². The monoisotopic (exact) mass is 220 g/mol. The second kappa shape index (κ2) is 5.38. The predicted octanol–water partition coefficient (Wildman–Crippen LogP) is 1.64. The molecule has 16 heavy (non-hydrogen) atoms. The molecular weight excluding hydrogens is 204 g/mol. The summed E-state index contributed by atoms with van der Waals surface area (Å²) in [6.07, 6.45) is 0. The number of nitrogens with zero attached hydrogens (tertiary/aromatic N) is 2. The van der Waals surface area contributed by atoms with E-state index in [1.807, 2.05) is 25.1 Å². The minimum Gasteiger partial charge on any atom is -0.493 e. The third kappa shape index (κ3) is 2.65. The Labute approximate surface area is 96.0 Å². The van der Waals surface area contributed by atoms with Crippen LogP contribution in [-0.4, -0.2) is 33.2 Å². The largest absolute Gasteiger partial charge is 0.493 e. The van der Waals surface area contributed by atoms with Crippen LogP contribution in [-0.2, 0) is 6.54 Å². The highest BCUT2D eigenvalue weighted by Crippen LogP contribution is 2.32. The smallest absolute Gasteiger partial charge is 0.165 e. The Morgan fingerprint density at radius 1 is 1.25 bits per heavy atom. The SMILES string of the molecule is COc1cc(C#N)cc(CN(C)C)c1OC. The lowest BCUT2D eigenvalue weighted by Gasteiger charge is -2.16. The number of nitriles is 1. The van der Waals surface area contributed by atoms with Crippen LogP contribution in [0.3, 0.4) is 0 Å². The van der Waals surface area contributed by atoms with Crippen LogP contribution in [0.25, 0.3) is 0 Å². The van der Waals surface area contributed by atoms with E-state index in [1.165, 1.54) is 0 Å².